The summed E-state index contributed by atoms with van der Waals surface area (Å²) >= 11 is 2.03. The molecule has 1 unspecified atom stereocenters. The van der Waals surface area contributed by atoms with Crippen molar-refractivity contribution < 1.29 is 0 Å². The predicted octanol–water partition coefficient (Wildman–Crippen LogP) is 3.07. The van der Waals surface area contributed by atoms with Crippen LogP contribution in [0.25, 0.3) is 0 Å². The van der Waals surface area contributed by atoms with Gasteiger partial charge >= 0.3 is 0 Å². The average Bonchev–Trinajstić information content (AvgIpc) is 2.09. The minimum Gasteiger partial charge on any atom is -0.313 e. The highest BCUT2D eigenvalue weighted by Gasteiger charge is 2.06. The summed E-state index contributed by atoms with van der Waals surface area (Å²) in [6, 6.07) is 0.662. The molecule has 0 aliphatic carbocycles. The lowest BCUT2D eigenvalue weighted by Gasteiger charge is -2.17. The summed E-state index contributed by atoms with van der Waals surface area (Å²) in [5.41, 5.74) is 0. The highest BCUT2D eigenvalue weighted by Crippen LogP contribution is 2.13. The van der Waals surface area contributed by atoms with E-state index in [0.717, 1.165) is 18.2 Å². The van der Waals surface area contributed by atoms with E-state index in [9.17, 15) is 0 Å². The van der Waals surface area contributed by atoms with Crippen molar-refractivity contribution in [1.82, 2.24) is 5.32 Å². The fourth-order valence-corrected chi connectivity index (χ4v) is 2.06. The minimum absolute atomic E-state index is 0.662. The van der Waals surface area contributed by atoms with Crippen LogP contribution >= 0.6 is 11.8 Å². The lowest BCUT2D eigenvalue weighted by Crippen LogP contribution is -2.31. The summed E-state index contributed by atoms with van der Waals surface area (Å²) in [5, 5.41) is 4.24. The highest BCUT2D eigenvalue weighted by atomic mass is 32.2. The van der Waals surface area contributed by atoms with Gasteiger partial charge in [-0.3, -0.25) is 0 Å². The van der Waals surface area contributed by atoms with E-state index >= 15 is 0 Å². The molecule has 0 aliphatic heterocycles. The van der Waals surface area contributed by atoms with Crippen LogP contribution in [0, 0.1) is 0 Å². The lowest BCUT2D eigenvalue weighted by atomic mass is 10.2. The van der Waals surface area contributed by atoms with Gasteiger partial charge in [0, 0.05) is 11.8 Å². The molecule has 0 saturated heterocycles. The van der Waals surface area contributed by atoms with Crippen LogP contribution in [0.3, 0.4) is 0 Å². The molecule has 0 heterocycles. The van der Waals surface area contributed by atoms with Crippen molar-refractivity contribution in [2.24, 2.45) is 0 Å². The molecule has 0 aromatic rings. The Labute approximate surface area is 87.4 Å². The van der Waals surface area contributed by atoms with Crippen molar-refractivity contribution in [2.75, 3.05) is 12.3 Å². The second kappa shape index (κ2) is 8.64. The normalized spacial score (nSPS) is 13.2. The highest BCUT2D eigenvalue weighted by molar-refractivity contribution is 7.99. The maximum Gasteiger partial charge on any atom is 0.0161 e. The van der Waals surface area contributed by atoms with Crippen molar-refractivity contribution >= 4 is 11.8 Å². The molecule has 78 valence electrons. The first-order valence-electron chi connectivity index (χ1n) is 5.16. The molecule has 0 aliphatic rings. The van der Waals surface area contributed by atoms with Gasteiger partial charge in [-0.15, -0.1) is 6.58 Å². The Morgan fingerprint density at radius 3 is 2.62 bits per heavy atom. The number of thioether (sulfide) groups is 1. The fraction of sp³-hybridized carbons (Fsp3) is 0.818. The van der Waals surface area contributed by atoms with Gasteiger partial charge in [-0.2, -0.15) is 11.8 Å². The molecule has 0 radical (unpaired) electrons. The van der Waals surface area contributed by atoms with Crippen LogP contribution in [0.1, 0.15) is 33.6 Å². The maximum atomic E-state index is 3.75. The summed E-state index contributed by atoms with van der Waals surface area (Å²) in [6.45, 7) is 11.5. The van der Waals surface area contributed by atoms with Crippen molar-refractivity contribution in [3.8, 4) is 0 Å². The van der Waals surface area contributed by atoms with Gasteiger partial charge in [0.2, 0.25) is 0 Å². The Balaban J connectivity index is 3.59. The van der Waals surface area contributed by atoms with Crippen LogP contribution in [-0.2, 0) is 0 Å². The summed E-state index contributed by atoms with van der Waals surface area (Å²) < 4.78 is 0. The number of rotatable bonds is 8. The molecule has 0 amide bonds. The Bertz CT molecular complexity index is 123. The van der Waals surface area contributed by atoms with Gasteiger partial charge < -0.3 is 5.32 Å². The number of hydrogen-bond acceptors (Lipinski definition) is 2. The van der Waals surface area contributed by atoms with Gasteiger partial charge in [0.05, 0.1) is 0 Å². The summed E-state index contributed by atoms with van der Waals surface area (Å²) in [6.07, 6.45) is 4.35. The number of allylic oxidation sites excluding steroid dienone is 1. The van der Waals surface area contributed by atoms with E-state index in [1.54, 1.807) is 0 Å². The smallest absolute Gasteiger partial charge is 0.0161 e. The van der Waals surface area contributed by atoms with E-state index in [4.69, 9.17) is 0 Å². The molecule has 0 aromatic heterocycles. The molecule has 0 rings (SSSR count). The molecule has 2 heteroatoms. The Hall–Kier alpha value is 0.0500. The third kappa shape index (κ3) is 8.38. The summed E-state index contributed by atoms with van der Waals surface area (Å²) in [5.74, 6) is 1.22. The van der Waals surface area contributed by atoms with Gasteiger partial charge in [-0.25, -0.2) is 0 Å². The van der Waals surface area contributed by atoms with E-state index in [0.29, 0.717) is 6.04 Å². The molecule has 1 N–H and O–H groups in total. The van der Waals surface area contributed by atoms with Crippen molar-refractivity contribution in [2.45, 2.75) is 44.9 Å². The first-order valence-corrected chi connectivity index (χ1v) is 6.21. The molecular weight excluding hydrogens is 178 g/mol. The molecule has 13 heavy (non-hydrogen) atoms. The molecule has 0 bridgehead atoms. The maximum absolute atomic E-state index is 3.75. The lowest BCUT2D eigenvalue weighted by molar-refractivity contribution is 0.542. The summed E-state index contributed by atoms with van der Waals surface area (Å²) in [7, 11) is 0. The van der Waals surface area contributed by atoms with E-state index in [-0.39, 0.29) is 0 Å². The molecule has 0 saturated carbocycles. The monoisotopic (exact) mass is 201 g/mol. The van der Waals surface area contributed by atoms with Crippen molar-refractivity contribution in [3.05, 3.63) is 12.7 Å². The van der Waals surface area contributed by atoms with Gasteiger partial charge in [-0.1, -0.05) is 26.8 Å². The fourth-order valence-electron chi connectivity index (χ4n) is 1.16. The second-order valence-electron chi connectivity index (χ2n) is 3.50. The number of nitrogens with one attached hydrogen (secondary N) is 1. The van der Waals surface area contributed by atoms with Crippen LogP contribution in [0.5, 0.6) is 0 Å². The van der Waals surface area contributed by atoms with Crippen LogP contribution in [-0.4, -0.2) is 23.6 Å². The molecule has 0 fully saturated rings. The van der Waals surface area contributed by atoms with Crippen LogP contribution in [0.2, 0.25) is 0 Å². The van der Waals surface area contributed by atoms with Gasteiger partial charge in [-0.05, 0) is 24.6 Å². The minimum atomic E-state index is 0.662. The van der Waals surface area contributed by atoms with E-state index in [2.05, 4.69) is 32.7 Å². The van der Waals surface area contributed by atoms with E-state index in [1.165, 1.54) is 12.2 Å². The Kier molecular flexibility index (Phi) is 8.67. The van der Waals surface area contributed by atoms with Crippen molar-refractivity contribution in [3.63, 3.8) is 0 Å². The van der Waals surface area contributed by atoms with Gasteiger partial charge in [0.15, 0.2) is 0 Å². The zero-order valence-electron chi connectivity index (χ0n) is 9.18. The van der Waals surface area contributed by atoms with Crippen LogP contribution < -0.4 is 5.32 Å². The third-order valence-corrected chi connectivity index (χ3v) is 3.10. The zero-order chi connectivity index (χ0) is 10.1. The molecular formula is C11H23NS. The standard InChI is InChI=1S/C11H23NS/c1-5-7-8-11(12-6-2)9-13-10(3)4/h5,10-12H,1,6-9H2,2-4H3. The average molecular weight is 201 g/mol. The van der Waals surface area contributed by atoms with Crippen LogP contribution in [0.15, 0.2) is 12.7 Å². The predicted molar refractivity (Wildman–Crippen MR) is 64.5 cm³/mol. The second-order valence-corrected chi connectivity index (χ2v) is 5.11. The first kappa shape index (κ1) is 13.1. The van der Waals surface area contributed by atoms with Gasteiger partial charge in [0.25, 0.3) is 0 Å². The number of hydrogen-bond donors (Lipinski definition) is 1. The molecule has 0 spiro atoms. The Morgan fingerprint density at radius 2 is 2.15 bits per heavy atom. The molecule has 1 nitrogen and oxygen atoms in total. The van der Waals surface area contributed by atoms with Gasteiger partial charge in [0.1, 0.15) is 0 Å². The van der Waals surface area contributed by atoms with E-state index < -0.39 is 0 Å². The summed E-state index contributed by atoms with van der Waals surface area (Å²) in [4.78, 5) is 0. The van der Waals surface area contributed by atoms with Crippen molar-refractivity contribution in [1.29, 1.82) is 0 Å². The van der Waals surface area contributed by atoms with Crippen LogP contribution in [0.4, 0.5) is 0 Å². The molecule has 1 atom stereocenters. The Morgan fingerprint density at radius 1 is 1.46 bits per heavy atom. The zero-order valence-corrected chi connectivity index (χ0v) is 9.99. The third-order valence-electron chi connectivity index (χ3n) is 1.84. The van der Waals surface area contributed by atoms with E-state index in [1.807, 2.05) is 17.8 Å². The quantitative estimate of drug-likeness (QED) is 0.606. The SMILES string of the molecule is C=CCCC(CSC(C)C)NCC. The topological polar surface area (TPSA) is 12.0 Å². The first-order chi connectivity index (χ1) is 6.20. The largest absolute Gasteiger partial charge is 0.313 e. The molecule has 0 aromatic carbocycles.